The van der Waals surface area contributed by atoms with Crippen LogP contribution in [0.1, 0.15) is 42.8 Å². The molecular weight excluding hydrogens is 286 g/mol. The van der Waals surface area contributed by atoms with E-state index in [0.29, 0.717) is 0 Å². The molecule has 1 N–H and O–H groups in total. The molecule has 0 bridgehead atoms. The monoisotopic (exact) mass is 303 g/mol. The van der Waals surface area contributed by atoms with E-state index >= 15 is 0 Å². The first kappa shape index (κ1) is 14.5. The van der Waals surface area contributed by atoms with Gasteiger partial charge in [-0.2, -0.15) is 4.31 Å². The van der Waals surface area contributed by atoms with Gasteiger partial charge in [0.1, 0.15) is 9.09 Å². The van der Waals surface area contributed by atoms with Crippen molar-refractivity contribution in [3.63, 3.8) is 0 Å². The average molecular weight is 303 g/mol. The van der Waals surface area contributed by atoms with Crippen molar-refractivity contribution in [2.45, 2.75) is 49.4 Å². The van der Waals surface area contributed by atoms with Crippen molar-refractivity contribution in [3.05, 3.63) is 17.0 Å². The van der Waals surface area contributed by atoms with Crippen LogP contribution in [0.3, 0.4) is 0 Å². The number of nitrogens with zero attached hydrogens (tertiary/aromatic N) is 1. The molecule has 19 heavy (non-hydrogen) atoms. The zero-order chi connectivity index (χ0) is 14.2. The molecule has 7 heteroatoms. The minimum Gasteiger partial charge on any atom is -0.477 e. The molecule has 2 heterocycles. The Hall–Kier alpha value is -0.920. The van der Waals surface area contributed by atoms with E-state index in [1.54, 1.807) is 4.31 Å². The fourth-order valence-corrected chi connectivity index (χ4v) is 5.74. The standard InChI is InChI=1S/C12H17NO4S2/c1-3-9-5-4-8(2)13(9)19(16,17)11-7-6-10(18-11)12(14)15/h6-9H,3-5H2,1-2H3,(H,14,15). The van der Waals surface area contributed by atoms with Gasteiger partial charge in [-0.3, -0.25) is 0 Å². The highest BCUT2D eigenvalue weighted by atomic mass is 32.2. The van der Waals surface area contributed by atoms with E-state index in [1.807, 2.05) is 13.8 Å². The molecule has 1 aromatic heterocycles. The molecule has 0 spiro atoms. The molecule has 2 unspecified atom stereocenters. The zero-order valence-electron chi connectivity index (χ0n) is 10.9. The molecule has 0 aliphatic carbocycles. The van der Waals surface area contributed by atoms with E-state index in [1.165, 1.54) is 12.1 Å². The van der Waals surface area contributed by atoms with Crippen molar-refractivity contribution in [3.8, 4) is 0 Å². The van der Waals surface area contributed by atoms with Crippen LogP contribution < -0.4 is 0 Å². The molecule has 0 amide bonds. The second-order valence-electron chi connectivity index (χ2n) is 4.75. The van der Waals surface area contributed by atoms with Crippen LogP contribution in [0.15, 0.2) is 16.3 Å². The highest BCUT2D eigenvalue weighted by molar-refractivity contribution is 7.91. The lowest BCUT2D eigenvalue weighted by Crippen LogP contribution is -2.39. The van der Waals surface area contributed by atoms with Crippen molar-refractivity contribution in [1.29, 1.82) is 0 Å². The Kier molecular flexibility index (Phi) is 3.98. The van der Waals surface area contributed by atoms with E-state index in [0.717, 1.165) is 30.6 Å². The maximum atomic E-state index is 12.6. The number of carbonyl (C=O) groups is 1. The van der Waals surface area contributed by atoms with Crippen molar-refractivity contribution in [2.24, 2.45) is 0 Å². The Balaban J connectivity index is 2.38. The molecule has 2 atom stereocenters. The fraction of sp³-hybridized carbons (Fsp3) is 0.583. The van der Waals surface area contributed by atoms with Gasteiger partial charge in [-0.1, -0.05) is 6.92 Å². The lowest BCUT2D eigenvalue weighted by molar-refractivity contribution is 0.0702. The molecule has 1 aliphatic rings. The van der Waals surface area contributed by atoms with E-state index < -0.39 is 16.0 Å². The topological polar surface area (TPSA) is 74.7 Å². The van der Waals surface area contributed by atoms with Gasteiger partial charge < -0.3 is 5.11 Å². The van der Waals surface area contributed by atoms with Gasteiger partial charge in [0, 0.05) is 12.1 Å². The van der Waals surface area contributed by atoms with Gasteiger partial charge in [0.25, 0.3) is 10.0 Å². The zero-order valence-corrected chi connectivity index (χ0v) is 12.5. The molecule has 1 aromatic rings. The minimum absolute atomic E-state index is 0.0228. The smallest absolute Gasteiger partial charge is 0.345 e. The summed E-state index contributed by atoms with van der Waals surface area (Å²) in [6.45, 7) is 3.88. The molecular formula is C12H17NO4S2. The SMILES string of the molecule is CCC1CCC(C)N1S(=O)(=O)c1ccc(C(=O)O)s1. The first-order valence-electron chi connectivity index (χ1n) is 6.24. The van der Waals surface area contributed by atoms with E-state index in [-0.39, 0.29) is 21.2 Å². The van der Waals surface area contributed by atoms with Gasteiger partial charge in [0.05, 0.1) is 0 Å². The van der Waals surface area contributed by atoms with Crippen LogP contribution in [-0.2, 0) is 10.0 Å². The predicted octanol–water partition coefficient (Wildman–Crippen LogP) is 2.40. The first-order chi connectivity index (χ1) is 8.87. The molecule has 0 aromatic carbocycles. The molecule has 1 saturated heterocycles. The Bertz CT molecular complexity index is 578. The second kappa shape index (κ2) is 5.22. The number of carboxylic acids is 1. The van der Waals surface area contributed by atoms with Crippen LogP contribution in [0, 0.1) is 0 Å². The summed E-state index contributed by atoms with van der Waals surface area (Å²) in [5.74, 6) is -1.09. The number of carboxylic acid groups (broad SMARTS) is 1. The summed E-state index contributed by atoms with van der Waals surface area (Å²) >= 11 is 0.820. The summed E-state index contributed by atoms with van der Waals surface area (Å²) in [5.41, 5.74) is 0. The van der Waals surface area contributed by atoms with Crippen molar-refractivity contribution >= 4 is 27.3 Å². The number of sulfonamides is 1. The molecule has 1 fully saturated rings. The molecule has 5 nitrogen and oxygen atoms in total. The quantitative estimate of drug-likeness (QED) is 0.927. The van der Waals surface area contributed by atoms with Crippen molar-refractivity contribution in [2.75, 3.05) is 0 Å². The predicted molar refractivity (Wildman–Crippen MR) is 73.1 cm³/mol. The van der Waals surface area contributed by atoms with Crippen LogP contribution >= 0.6 is 11.3 Å². The lowest BCUT2D eigenvalue weighted by Gasteiger charge is -2.26. The second-order valence-corrected chi connectivity index (χ2v) is 7.90. The Morgan fingerprint density at radius 3 is 2.68 bits per heavy atom. The summed E-state index contributed by atoms with van der Waals surface area (Å²) in [6.07, 6.45) is 2.50. The Morgan fingerprint density at radius 2 is 2.16 bits per heavy atom. The van der Waals surface area contributed by atoms with Gasteiger partial charge in [0.2, 0.25) is 0 Å². The highest BCUT2D eigenvalue weighted by Crippen LogP contribution is 2.34. The number of thiophene rings is 1. The van der Waals surface area contributed by atoms with Gasteiger partial charge in [-0.05, 0) is 38.3 Å². The fourth-order valence-electron chi connectivity index (χ4n) is 2.54. The Labute approximate surface area is 116 Å². The summed E-state index contributed by atoms with van der Waals surface area (Å²) in [6, 6.07) is 2.74. The number of hydrogen-bond donors (Lipinski definition) is 1. The molecule has 106 valence electrons. The number of aromatic carboxylic acids is 1. The maximum absolute atomic E-state index is 12.6. The van der Waals surface area contributed by atoms with Crippen molar-refractivity contribution in [1.82, 2.24) is 4.31 Å². The Morgan fingerprint density at radius 1 is 1.47 bits per heavy atom. The summed E-state index contributed by atoms with van der Waals surface area (Å²) in [7, 11) is -3.57. The van der Waals surface area contributed by atoms with Crippen molar-refractivity contribution < 1.29 is 18.3 Å². The lowest BCUT2D eigenvalue weighted by atomic mass is 10.2. The maximum Gasteiger partial charge on any atom is 0.345 e. The first-order valence-corrected chi connectivity index (χ1v) is 8.50. The summed E-state index contributed by atoms with van der Waals surface area (Å²) in [4.78, 5) is 10.9. The van der Waals surface area contributed by atoms with Gasteiger partial charge in [-0.25, -0.2) is 13.2 Å². The van der Waals surface area contributed by atoms with Crippen LogP contribution in [-0.4, -0.2) is 35.9 Å². The number of hydrogen-bond acceptors (Lipinski definition) is 4. The van der Waals surface area contributed by atoms with Crippen LogP contribution in [0.4, 0.5) is 0 Å². The minimum atomic E-state index is -3.57. The summed E-state index contributed by atoms with van der Waals surface area (Å²) in [5, 5.41) is 8.88. The van der Waals surface area contributed by atoms with E-state index in [2.05, 4.69) is 0 Å². The van der Waals surface area contributed by atoms with Crippen LogP contribution in [0.5, 0.6) is 0 Å². The van der Waals surface area contributed by atoms with Gasteiger partial charge in [-0.15, -0.1) is 11.3 Å². The molecule has 0 saturated carbocycles. The number of rotatable bonds is 4. The van der Waals surface area contributed by atoms with E-state index in [4.69, 9.17) is 5.11 Å². The average Bonchev–Trinajstić information content (AvgIpc) is 2.95. The van der Waals surface area contributed by atoms with Crippen LogP contribution in [0.2, 0.25) is 0 Å². The normalized spacial score (nSPS) is 24.7. The van der Waals surface area contributed by atoms with Gasteiger partial charge in [0.15, 0.2) is 0 Å². The van der Waals surface area contributed by atoms with E-state index in [9.17, 15) is 13.2 Å². The van der Waals surface area contributed by atoms with Gasteiger partial charge >= 0.3 is 5.97 Å². The largest absolute Gasteiger partial charge is 0.477 e. The molecule has 2 rings (SSSR count). The molecule has 1 aliphatic heterocycles. The highest BCUT2D eigenvalue weighted by Gasteiger charge is 2.39. The third-order valence-corrected chi connectivity index (χ3v) is 7.11. The summed E-state index contributed by atoms with van der Waals surface area (Å²) < 4.78 is 26.9. The molecule has 0 radical (unpaired) electrons. The third kappa shape index (κ3) is 2.54. The van der Waals surface area contributed by atoms with Crippen LogP contribution in [0.25, 0.3) is 0 Å². The third-order valence-electron chi connectivity index (χ3n) is 3.51.